The first-order valence-electron chi connectivity index (χ1n) is 11.6. The monoisotopic (exact) mass is 571 g/mol. The number of carbonyl (C=O) groups excluding carboxylic acids is 2. The van der Waals surface area contributed by atoms with Crippen LogP contribution in [0.15, 0.2) is 89.5 Å². The van der Waals surface area contributed by atoms with Gasteiger partial charge in [-0.3, -0.25) is 0 Å². The number of anilines is 3. The predicted octanol–water partition coefficient (Wildman–Crippen LogP) is 6.55. The van der Waals surface area contributed by atoms with Crippen molar-refractivity contribution >= 4 is 70.7 Å². The molecule has 2 heterocycles. The fourth-order valence-electron chi connectivity index (χ4n) is 4.48. The average molecular weight is 571 g/mol. The third-order valence-electron chi connectivity index (χ3n) is 6.51. The molecule has 1 aliphatic heterocycles. The summed E-state index contributed by atoms with van der Waals surface area (Å²) in [7, 11) is 1.41. The average Bonchev–Trinajstić information content (AvgIpc) is 3.36. The maximum atomic E-state index is 12.9. The van der Waals surface area contributed by atoms with E-state index in [0.717, 1.165) is 30.7 Å². The van der Waals surface area contributed by atoms with Crippen LogP contribution in [0.25, 0.3) is 16.8 Å². The number of amides is 2. The normalized spacial score (nSPS) is 15.0. The van der Waals surface area contributed by atoms with Crippen molar-refractivity contribution in [3.63, 3.8) is 0 Å². The van der Waals surface area contributed by atoms with Crippen LogP contribution in [-0.2, 0) is 9.59 Å². The second-order valence-electron chi connectivity index (χ2n) is 8.77. The molecule has 5 rings (SSSR count). The SMILES string of the molecule is CC1=C(C#N)C(=O)N(C)C(=O)/C1=C/c1ccc(N(c2ccc(Cl)cc2)c2ccc(C)c3ccccc23)[se]1. The Balaban J connectivity index is 1.66. The number of imide groups is 1. The molecule has 2 amide bonds. The maximum absolute atomic E-state index is 12.9. The summed E-state index contributed by atoms with van der Waals surface area (Å²) < 4.78 is 2.06. The van der Waals surface area contributed by atoms with Gasteiger partial charge in [0.2, 0.25) is 0 Å². The summed E-state index contributed by atoms with van der Waals surface area (Å²) in [5.74, 6) is -0.960. The summed E-state index contributed by atoms with van der Waals surface area (Å²) >= 11 is 6.06. The van der Waals surface area contributed by atoms with Gasteiger partial charge in [0, 0.05) is 0 Å². The van der Waals surface area contributed by atoms with Crippen LogP contribution in [0.3, 0.4) is 0 Å². The molecule has 1 aromatic heterocycles. The molecule has 0 aliphatic carbocycles. The number of nitriles is 1. The number of nitrogens with zero attached hydrogens (tertiary/aromatic N) is 3. The van der Waals surface area contributed by atoms with Crippen molar-refractivity contribution in [2.75, 3.05) is 11.9 Å². The fraction of sp³-hybridized carbons (Fsp3) is 0.100. The van der Waals surface area contributed by atoms with Gasteiger partial charge in [0.1, 0.15) is 0 Å². The molecule has 182 valence electrons. The summed E-state index contributed by atoms with van der Waals surface area (Å²) in [4.78, 5) is 28.5. The third-order valence-corrected chi connectivity index (χ3v) is 8.90. The topological polar surface area (TPSA) is 64.4 Å². The van der Waals surface area contributed by atoms with Crippen LogP contribution in [0.1, 0.15) is 16.9 Å². The Morgan fingerprint density at radius 1 is 0.919 bits per heavy atom. The fourth-order valence-corrected chi connectivity index (χ4v) is 6.68. The van der Waals surface area contributed by atoms with Gasteiger partial charge in [-0.15, -0.1) is 0 Å². The van der Waals surface area contributed by atoms with Crippen LogP contribution in [0.2, 0.25) is 5.02 Å². The minimum atomic E-state index is -0.563. The van der Waals surface area contributed by atoms with Crippen molar-refractivity contribution in [1.29, 1.82) is 5.26 Å². The molecule has 0 N–H and O–H groups in total. The van der Waals surface area contributed by atoms with Gasteiger partial charge in [-0.2, -0.15) is 0 Å². The number of hydrogen-bond acceptors (Lipinski definition) is 4. The van der Waals surface area contributed by atoms with Crippen molar-refractivity contribution in [3.8, 4) is 6.07 Å². The van der Waals surface area contributed by atoms with Gasteiger partial charge in [0.15, 0.2) is 0 Å². The van der Waals surface area contributed by atoms with E-state index in [0.29, 0.717) is 16.2 Å². The molecule has 0 unspecified atom stereocenters. The van der Waals surface area contributed by atoms with Crippen molar-refractivity contribution in [2.24, 2.45) is 0 Å². The van der Waals surface area contributed by atoms with E-state index in [2.05, 4.69) is 42.2 Å². The van der Waals surface area contributed by atoms with E-state index in [1.165, 1.54) is 18.0 Å². The van der Waals surface area contributed by atoms with Gasteiger partial charge in [-0.1, -0.05) is 0 Å². The van der Waals surface area contributed by atoms with E-state index in [9.17, 15) is 14.9 Å². The molecule has 3 aromatic carbocycles. The number of carbonyl (C=O) groups is 2. The third kappa shape index (κ3) is 4.43. The molecule has 0 spiro atoms. The second kappa shape index (κ2) is 9.88. The molecule has 7 heteroatoms. The van der Waals surface area contributed by atoms with Crippen molar-refractivity contribution in [3.05, 3.63) is 105 Å². The minimum absolute atomic E-state index is 0.00143. The Kier molecular flexibility index (Phi) is 6.62. The van der Waals surface area contributed by atoms with Gasteiger partial charge < -0.3 is 0 Å². The van der Waals surface area contributed by atoms with Crippen molar-refractivity contribution < 1.29 is 9.59 Å². The van der Waals surface area contributed by atoms with Crippen LogP contribution < -0.4 is 4.90 Å². The van der Waals surface area contributed by atoms with Gasteiger partial charge >= 0.3 is 227 Å². The predicted molar refractivity (Wildman–Crippen MR) is 149 cm³/mol. The Morgan fingerprint density at radius 3 is 2.32 bits per heavy atom. The van der Waals surface area contributed by atoms with Crippen molar-refractivity contribution in [1.82, 2.24) is 4.90 Å². The molecule has 37 heavy (non-hydrogen) atoms. The van der Waals surface area contributed by atoms with E-state index in [1.807, 2.05) is 54.6 Å². The van der Waals surface area contributed by atoms with Crippen LogP contribution >= 0.6 is 11.6 Å². The van der Waals surface area contributed by atoms with Crippen LogP contribution in [0.5, 0.6) is 0 Å². The summed E-state index contributed by atoms with van der Waals surface area (Å²) in [5, 5.41) is 12.5. The number of benzene rings is 3. The van der Waals surface area contributed by atoms with E-state index in [1.54, 1.807) is 6.92 Å². The zero-order valence-corrected chi connectivity index (χ0v) is 22.9. The molecule has 0 bridgehead atoms. The van der Waals surface area contributed by atoms with Gasteiger partial charge in [-0.05, 0) is 0 Å². The molecular weight excluding hydrogens is 549 g/mol. The summed E-state index contributed by atoms with van der Waals surface area (Å²) in [6, 6.07) is 26.4. The summed E-state index contributed by atoms with van der Waals surface area (Å²) in [6.45, 7) is 3.76. The Morgan fingerprint density at radius 2 is 1.62 bits per heavy atom. The standard InChI is InChI=1S/C30H22ClN3O2Se/c1-18-8-14-27(24-7-5-4-6-23(18)24)34(21-11-9-20(31)10-12-21)28-15-13-22(37-28)16-25-19(2)26(17-32)30(36)33(3)29(25)35/h4-16H,1-3H3/b25-16+. The molecule has 0 saturated heterocycles. The van der Waals surface area contributed by atoms with Gasteiger partial charge in [-0.25, -0.2) is 0 Å². The summed E-state index contributed by atoms with van der Waals surface area (Å²) in [6.07, 6.45) is 1.81. The number of halogens is 1. The quantitative estimate of drug-likeness (QED) is 0.159. The number of aryl methyl sites for hydroxylation is 1. The molecule has 1 aliphatic rings. The zero-order chi connectivity index (χ0) is 26.3. The Labute approximate surface area is 226 Å². The molecule has 0 fully saturated rings. The first kappa shape index (κ1) is 24.8. The zero-order valence-electron chi connectivity index (χ0n) is 20.4. The molecule has 0 radical (unpaired) electrons. The molecule has 0 atom stereocenters. The van der Waals surface area contributed by atoms with Crippen LogP contribution in [0.4, 0.5) is 15.9 Å². The van der Waals surface area contributed by atoms with Gasteiger partial charge in [0.25, 0.3) is 0 Å². The van der Waals surface area contributed by atoms with Crippen molar-refractivity contribution in [2.45, 2.75) is 13.8 Å². The molecule has 5 nitrogen and oxygen atoms in total. The Bertz CT molecular complexity index is 1680. The number of hydrogen-bond donors (Lipinski definition) is 0. The number of rotatable bonds is 4. The number of likely N-dealkylation sites (N-methyl/N-ethyl adjacent to an activating group) is 1. The second-order valence-corrected chi connectivity index (χ2v) is 11.5. The van der Waals surface area contributed by atoms with E-state index < -0.39 is 11.8 Å². The first-order chi connectivity index (χ1) is 17.8. The molecular formula is C30H22ClN3O2Se. The summed E-state index contributed by atoms with van der Waals surface area (Å²) in [5.41, 5.74) is 4.04. The Hall–Kier alpha value is -3.88. The van der Waals surface area contributed by atoms with Crippen LogP contribution in [-0.4, -0.2) is 38.3 Å². The van der Waals surface area contributed by atoms with E-state index >= 15 is 0 Å². The van der Waals surface area contributed by atoms with E-state index in [4.69, 9.17) is 11.6 Å². The van der Waals surface area contributed by atoms with E-state index in [-0.39, 0.29) is 20.1 Å². The first-order valence-corrected chi connectivity index (χ1v) is 13.7. The van der Waals surface area contributed by atoms with Gasteiger partial charge in [0.05, 0.1) is 0 Å². The molecule has 4 aromatic rings. The van der Waals surface area contributed by atoms with Crippen LogP contribution in [0, 0.1) is 18.3 Å². The molecule has 0 saturated carbocycles. The number of fused-ring (bicyclic) bond motifs is 1.